The molecule has 1 aliphatic rings. The van der Waals surface area contributed by atoms with Gasteiger partial charge in [-0.25, -0.2) is 22.9 Å². The Morgan fingerprint density at radius 1 is 1.20 bits per heavy atom. The molecule has 2 aromatic heterocycles. The van der Waals surface area contributed by atoms with Crippen LogP contribution in [0, 0.1) is 17.5 Å². The van der Waals surface area contributed by atoms with E-state index in [9.17, 15) is 18.0 Å². The molecule has 1 aliphatic carbocycles. The molecule has 4 aromatic rings. The van der Waals surface area contributed by atoms with Gasteiger partial charge in [0.05, 0.1) is 16.5 Å². The molecular formula is C20H14F3N3O2S2. The van der Waals surface area contributed by atoms with Gasteiger partial charge in [0.2, 0.25) is 0 Å². The molecule has 0 fully saturated rings. The number of fused-ring (bicyclic) bond motifs is 2. The maximum atomic E-state index is 14.8. The van der Waals surface area contributed by atoms with Gasteiger partial charge in [-0.1, -0.05) is 0 Å². The zero-order chi connectivity index (χ0) is 20.8. The van der Waals surface area contributed by atoms with Crippen LogP contribution in [-0.4, -0.2) is 9.55 Å². The third-order valence-electron chi connectivity index (χ3n) is 5.12. The van der Waals surface area contributed by atoms with Crippen molar-refractivity contribution in [2.75, 3.05) is 4.72 Å². The molecule has 1 unspecified atom stereocenters. The van der Waals surface area contributed by atoms with Crippen LogP contribution in [-0.2, 0) is 6.42 Å². The van der Waals surface area contributed by atoms with Gasteiger partial charge in [0.1, 0.15) is 17.5 Å². The highest BCUT2D eigenvalue weighted by molar-refractivity contribution is 8.00. The number of oxazole rings is 1. The average Bonchev–Trinajstić information content (AvgIpc) is 3.33. The Morgan fingerprint density at radius 2 is 2.07 bits per heavy atom. The van der Waals surface area contributed by atoms with Gasteiger partial charge in [-0.05, 0) is 48.4 Å². The normalized spacial score (nSPS) is 16.0. The summed E-state index contributed by atoms with van der Waals surface area (Å²) in [5.41, 5.74) is 1.23. The average molecular weight is 449 g/mol. The second-order valence-electron chi connectivity index (χ2n) is 6.89. The van der Waals surface area contributed by atoms with Gasteiger partial charge in [0.25, 0.3) is 0 Å². The van der Waals surface area contributed by atoms with Crippen molar-refractivity contribution >= 4 is 39.5 Å². The lowest BCUT2D eigenvalue weighted by molar-refractivity contribution is 0.427. The maximum absolute atomic E-state index is 14.8. The van der Waals surface area contributed by atoms with E-state index < -0.39 is 29.2 Å². The Kier molecular flexibility index (Phi) is 4.82. The van der Waals surface area contributed by atoms with Crippen LogP contribution >= 0.6 is 23.3 Å². The fraction of sp³-hybridized carbons (Fsp3) is 0.200. The molecule has 0 bridgehead atoms. The summed E-state index contributed by atoms with van der Waals surface area (Å²) in [4.78, 5) is 16.9. The second-order valence-corrected chi connectivity index (χ2v) is 8.64. The van der Waals surface area contributed by atoms with Crippen LogP contribution in [0.5, 0.6) is 0 Å². The van der Waals surface area contributed by atoms with Gasteiger partial charge in [0.15, 0.2) is 10.7 Å². The van der Waals surface area contributed by atoms with Crippen molar-refractivity contribution in [3.63, 3.8) is 0 Å². The van der Waals surface area contributed by atoms with E-state index >= 15 is 0 Å². The van der Waals surface area contributed by atoms with E-state index in [2.05, 4.69) is 9.71 Å². The lowest BCUT2D eigenvalue weighted by Crippen LogP contribution is -2.25. The molecule has 10 heteroatoms. The largest absolute Gasteiger partial charge is 0.420 e. The summed E-state index contributed by atoms with van der Waals surface area (Å²) in [6.45, 7) is 0. The quantitative estimate of drug-likeness (QED) is 0.416. The third kappa shape index (κ3) is 3.29. The van der Waals surface area contributed by atoms with E-state index in [0.717, 1.165) is 18.0 Å². The van der Waals surface area contributed by atoms with Crippen molar-refractivity contribution in [3.8, 4) is 0 Å². The van der Waals surface area contributed by atoms with E-state index in [1.807, 2.05) is 0 Å². The molecule has 0 spiro atoms. The van der Waals surface area contributed by atoms with Crippen molar-refractivity contribution in [2.45, 2.75) is 30.2 Å². The lowest BCUT2D eigenvalue weighted by Gasteiger charge is -2.26. The first-order valence-electron chi connectivity index (χ1n) is 9.16. The molecule has 2 aromatic carbocycles. The fourth-order valence-electron chi connectivity index (χ4n) is 3.86. The lowest BCUT2D eigenvalue weighted by atomic mass is 9.87. The highest BCUT2D eigenvalue weighted by Gasteiger charge is 2.29. The van der Waals surface area contributed by atoms with Crippen LogP contribution < -0.4 is 10.5 Å². The minimum Gasteiger partial charge on any atom is -0.408 e. The molecule has 5 nitrogen and oxygen atoms in total. The molecule has 0 radical (unpaired) electrons. The van der Waals surface area contributed by atoms with E-state index in [1.54, 1.807) is 11.6 Å². The van der Waals surface area contributed by atoms with Crippen LogP contribution in [0.15, 0.2) is 49.9 Å². The number of halogens is 3. The summed E-state index contributed by atoms with van der Waals surface area (Å²) < 4.78 is 52.5. The number of hydrogen-bond acceptors (Lipinski definition) is 6. The number of nitrogens with one attached hydrogen (secondary N) is 1. The number of anilines is 1. The van der Waals surface area contributed by atoms with Gasteiger partial charge in [-0.3, -0.25) is 4.57 Å². The monoisotopic (exact) mass is 449 g/mol. The second kappa shape index (κ2) is 7.51. The minimum absolute atomic E-state index is 0.203. The molecule has 154 valence electrons. The SMILES string of the molecule is O=c1oc2cc(SNc3nccs3)c(F)cc2n1C1CCCc2c(F)cc(F)cc21. The van der Waals surface area contributed by atoms with E-state index in [4.69, 9.17) is 4.42 Å². The standard InChI is InChI=1S/C20H14F3N3O2S2/c21-10-6-12-11(13(22)7-10)2-1-3-15(12)26-16-8-14(23)18(9-17(16)28-20(26)27)30-25-19-24-4-5-29-19/h4-9,15H,1-3H2,(H,24,25). The molecule has 1 N–H and O–H groups in total. The Labute approximate surface area is 176 Å². The van der Waals surface area contributed by atoms with Gasteiger partial charge in [-0.2, -0.15) is 0 Å². The number of benzene rings is 2. The van der Waals surface area contributed by atoms with Crippen LogP contribution in [0.1, 0.15) is 30.0 Å². The van der Waals surface area contributed by atoms with Crippen molar-refractivity contribution in [2.24, 2.45) is 0 Å². The number of aromatic nitrogens is 2. The summed E-state index contributed by atoms with van der Waals surface area (Å²) in [5, 5.41) is 2.40. The van der Waals surface area contributed by atoms with Gasteiger partial charge in [0, 0.05) is 29.8 Å². The molecule has 2 heterocycles. The summed E-state index contributed by atoms with van der Waals surface area (Å²) in [6.07, 6.45) is 3.20. The van der Waals surface area contributed by atoms with Crippen LogP contribution in [0.4, 0.5) is 18.3 Å². The zero-order valence-electron chi connectivity index (χ0n) is 15.3. The first-order valence-corrected chi connectivity index (χ1v) is 10.9. The summed E-state index contributed by atoms with van der Waals surface area (Å²) >= 11 is 2.38. The number of hydrogen-bond donors (Lipinski definition) is 1. The Balaban J connectivity index is 1.58. The van der Waals surface area contributed by atoms with Crippen molar-refractivity contribution < 1.29 is 17.6 Å². The van der Waals surface area contributed by atoms with Crippen molar-refractivity contribution in [3.05, 3.63) is 75.0 Å². The summed E-state index contributed by atoms with van der Waals surface area (Å²) in [5.74, 6) is -2.58. The number of rotatable bonds is 4. The molecule has 5 rings (SSSR count). The number of nitrogens with zero attached hydrogens (tertiary/aromatic N) is 2. The van der Waals surface area contributed by atoms with Crippen molar-refractivity contribution in [1.82, 2.24) is 9.55 Å². The van der Waals surface area contributed by atoms with Crippen molar-refractivity contribution in [1.29, 1.82) is 0 Å². The van der Waals surface area contributed by atoms with Gasteiger partial charge >= 0.3 is 5.76 Å². The van der Waals surface area contributed by atoms with E-state index in [1.165, 1.54) is 34.1 Å². The summed E-state index contributed by atoms with van der Waals surface area (Å²) in [7, 11) is 0. The Hall–Kier alpha value is -2.72. The first kappa shape index (κ1) is 19.3. The maximum Gasteiger partial charge on any atom is 0.420 e. The van der Waals surface area contributed by atoms with Crippen LogP contribution in [0.2, 0.25) is 0 Å². The van der Waals surface area contributed by atoms with Gasteiger partial charge in [-0.15, -0.1) is 11.3 Å². The predicted octanol–water partition coefficient (Wildman–Crippen LogP) is 5.51. The molecular weight excluding hydrogens is 435 g/mol. The predicted molar refractivity (Wildman–Crippen MR) is 109 cm³/mol. The minimum atomic E-state index is -0.711. The van der Waals surface area contributed by atoms with Gasteiger partial charge < -0.3 is 9.14 Å². The van der Waals surface area contributed by atoms with E-state index in [0.29, 0.717) is 35.5 Å². The smallest absolute Gasteiger partial charge is 0.408 e. The fourth-order valence-corrected chi connectivity index (χ4v) is 5.12. The zero-order valence-corrected chi connectivity index (χ0v) is 17.0. The van der Waals surface area contributed by atoms with Crippen LogP contribution in [0.25, 0.3) is 11.1 Å². The first-order chi connectivity index (χ1) is 14.5. The highest BCUT2D eigenvalue weighted by atomic mass is 32.2. The molecule has 0 aliphatic heterocycles. The third-order valence-corrected chi connectivity index (χ3v) is 6.76. The summed E-state index contributed by atoms with van der Waals surface area (Å²) in [6, 6.07) is 4.11. The molecule has 0 saturated carbocycles. The highest BCUT2D eigenvalue weighted by Crippen LogP contribution is 2.37. The van der Waals surface area contributed by atoms with Crippen LogP contribution in [0.3, 0.4) is 0 Å². The van der Waals surface area contributed by atoms with E-state index in [-0.39, 0.29) is 16.0 Å². The Bertz CT molecular complexity index is 1300. The molecule has 1 atom stereocenters. The Morgan fingerprint density at radius 3 is 2.87 bits per heavy atom. The molecule has 0 amide bonds. The number of thiazole rings is 1. The molecule has 30 heavy (non-hydrogen) atoms. The molecule has 0 saturated heterocycles. The topological polar surface area (TPSA) is 60.1 Å².